The van der Waals surface area contributed by atoms with E-state index in [0.29, 0.717) is 6.54 Å². The van der Waals surface area contributed by atoms with E-state index in [1.54, 1.807) is 6.20 Å². The fraction of sp³-hybridized carbons (Fsp3) is 0.412. The number of rotatable bonds is 5. The highest BCUT2D eigenvalue weighted by Gasteiger charge is 2.20. The Bertz CT molecular complexity index is 582. The number of aromatic nitrogens is 2. The number of aromatic amines is 1. The van der Waals surface area contributed by atoms with Gasteiger partial charge in [0.15, 0.2) is 0 Å². The highest BCUT2D eigenvalue weighted by atomic mass is 16.1. The maximum atomic E-state index is 12.3. The molecule has 4 heteroatoms. The van der Waals surface area contributed by atoms with Crippen molar-refractivity contribution in [3.05, 3.63) is 53.6 Å². The van der Waals surface area contributed by atoms with E-state index < -0.39 is 0 Å². The van der Waals surface area contributed by atoms with E-state index >= 15 is 0 Å². The number of hydrogen-bond acceptors (Lipinski definition) is 2. The highest BCUT2D eigenvalue weighted by Crippen LogP contribution is 2.25. The third-order valence-electron chi connectivity index (χ3n) is 3.41. The first-order valence-electron chi connectivity index (χ1n) is 7.34. The van der Waals surface area contributed by atoms with E-state index in [9.17, 15) is 4.79 Å². The molecule has 2 N–H and O–H groups in total. The summed E-state index contributed by atoms with van der Waals surface area (Å²) in [5, 5.41) is 2.99. The largest absolute Gasteiger partial charge is 0.352 e. The van der Waals surface area contributed by atoms with Crippen LogP contribution in [0.1, 0.15) is 48.9 Å². The van der Waals surface area contributed by atoms with Crippen LogP contribution in [0.3, 0.4) is 0 Å². The number of nitrogens with one attached hydrogen (secondary N) is 2. The van der Waals surface area contributed by atoms with Gasteiger partial charge in [-0.1, -0.05) is 39.0 Å². The van der Waals surface area contributed by atoms with Crippen LogP contribution in [0.25, 0.3) is 0 Å². The Balaban J connectivity index is 1.92. The summed E-state index contributed by atoms with van der Waals surface area (Å²) < 4.78 is 0. The van der Waals surface area contributed by atoms with Gasteiger partial charge in [-0.25, -0.2) is 4.98 Å². The monoisotopic (exact) mass is 285 g/mol. The smallest absolute Gasteiger partial charge is 0.251 e. The Hall–Kier alpha value is -2.10. The Morgan fingerprint density at radius 2 is 2.05 bits per heavy atom. The first kappa shape index (κ1) is 15.3. The minimum Gasteiger partial charge on any atom is -0.352 e. The second-order valence-corrected chi connectivity index (χ2v) is 6.19. The molecule has 0 spiro atoms. The molecule has 0 aliphatic carbocycles. The van der Waals surface area contributed by atoms with E-state index in [1.807, 2.05) is 30.5 Å². The summed E-state index contributed by atoms with van der Waals surface area (Å²) in [6.45, 7) is 7.01. The van der Waals surface area contributed by atoms with Gasteiger partial charge in [-0.05, 0) is 23.5 Å². The molecule has 1 aromatic heterocycles. The second kappa shape index (κ2) is 6.57. The van der Waals surface area contributed by atoms with Gasteiger partial charge in [0.25, 0.3) is 5.91 Å². The van der Waals surface area contributed by atoms with Gasteiger partial charge >= 0.3 is 0 Å². The Kier molecular flexibility index (Phi) is 4.78. The summed E-state index contributed by atoms with van der Waals surface area (Å²) in [4.78, 5) is 19.6. The molecule has 112 valence electrons. The maximum Gasteiger partial charge on any atom is 0.251 e. The molecule has 0 aliphatic rings. The van der Waals surface area contributed by atoms with Gasteiger partial charge in [0.1, 0.15) is 5.82 Å². The molecule has 2 rings (SSSR count). The summed E-state index contributed by atoms with van der Waals surface area (Å²) in [6, 6.07) is 7.81. The molecule has 1 amide bonds. The summed E-state index contributed by atoms with van der Waals surface area (Å²) in [5.74, 6) is 0.958. The molecule has 1 aromatic carbocycles. The van der Waals surface area contributed by atoms with Crippen molar-refractivity contribution < 1.29 is 4.79 Å². The number of amides is 1. The van der Waals surface area contributed by atoms with Crippen molar-refractivity contribution in [1.82, 2.24) is 15.3 Å². The molecular formula is C17H23N3O. The van der Waals surface area contributed by atoms with Crippen LogP contribution in [0, 0.1) is 0 Å². The molecule has 4 nitrogen and oxygen atoms in total. The van der Waals surface area contributed by atoms with Crippen LogP contribution in [-0.4, -0.2) is 22.4 Å². The Morgan fingerprint density at radius 1 is 1.29 bits per heavy atom. The van der Waals surface area contributed by atoms with Crippen LogP contribution >= 0.6 is 0 Å². The van der Waals surface area contributed by atoms with Gasteiger partial charge in [0.2, 0.25) is 0 Å². The SMILES string of the molecule is CC(C)(C)c1ccccc1C(=O)NCCCc1ncc[nH]1. The molecule has 1 heterocycles. The lowest BCUT2D eigenvalue weighted by Gasteiger charge is -2.22. The fourth-order valence-electron chi connectivity index (χ4n) is 2.32. The van der Waals surface area contributed by atoms with Crippen LogP contribution in [0.5, 0.6) is 0 Å². The van der Waals surface area contributed by atoms with Crippen molar-refractivity contribution >= 4 is 5.91 Å². The predicted molar refractivity (Wildman–Crippen MR) is 84.4 cm³/mol. The topological polar surface area (TPSA) is 57.8 Å². The summed E-state index contributed by atoms with van der Waals surface area (Å²) in [6.07, 6.45) is 5.27. The summed E-state index contributed by atoms with van der Waals surface area (Å²) in [5.41, 5.74) is 1.80. The van der Waals surface area contributed by atoms with Gasteiger partial charge in [-0.2, -0.15) is 0 Å². The number of imidazole rings is 1. The van der Waals surface area contributed by atoms with Gasteiger partial charge in [0, 0.05) is 30.9 Å². The van der Waals surface area contributed by atoms with Crippen molar-refractivity contribution in [1.29, 1.82) is 0 Å². The van der Waals surface area contributed by atoms with E-state index in [4.69, 9.17) is 0 Å². The molecule has 0 saturated heterocycles. The molecule has 0 atom stereocenters. The van der Waals surface area contributed by atoms with Crippen LogP contribution in [0.2, 0.25) is 0 Å². The number of hydrogen-bond donors (Lipinski definition) is 2. The number of benzene rings is 1. The van der Waals surface area contributed by atoms with E-state index in [1.165, 1.54) is 0 Å². The third-order valence-corrected chi connectivity index (χ3v) is 3.41. The standard InChI is InChI=1S/C17H23N3O/c1-17(2,3)14-8-5-4-7-13(14)16(21)20-10-6-9-15-18-11-12-19-15/h4-5,7-8,11-12H,6,9-10H2,1-3H3,(H,18,19)(H,20,21). The van der Waals surface area contributed by atoms with Gasteiger partial charge in [0.05, 0.1) is 0 Å². The van der Waals surface area contributed by atoms with Crippen LogP contribution in [0.4, 0.5) is 0 Å². The minimum atomic E-state index is -0.0396. The zero-order valence-electron chi connectivity index (χ0n) is 12.9. The average molecular weight is 285 g/mol. The van der Waals surface area contributed by atoms with Crippen molar-refractivity contribution in [3.8, 4) is 0 Å². The summed E-state index contributed by atoms with van der Waals surface area (Å²) in [7, 11) is 0. The van der Waals surface area contributed by atoms with E-state index in [2.05, 4.69) is 36.1 Å². The molecule has 0 saturated carbocycles. The molecule has 0 radical (unpaired) electrons. The Labute approximate surface area is 126 Å². The molecule has 0 bridgehead atoms. The molecule has 2 aromatic rings. The number of aryl methyl sites for hydroxylation is 1. The zero-order valence-corrected chi connectivity index (χ0v) is 12.9. The van der Waals surface area contributed by atoms with E-state index in [0.717, 1.165) is 29.8 Å². The highest BCUT2D eigenvalue weighted by molar-refractivity contribution is 5.96. The molecule has 0 unspecified atom stereocenters. The number of nitrogens with zero attached hydrogens (tertiary/aromatic N) is 1. The predicted octanol–water partition coefficient (Wildman–Crippen LogP) is 3.07. The number of carbonyl (C=O) groups excluding carboxylic acids is 1. The van der Waals surface area contributed by atoms with Crippen molar-refractivity contribution in [3.63, 3.8) is 0 Å². The lowest BCUT2D eigenvalue weighted by molar-refractivity contribution is 0.0951. The van der Waals surface area contributed by atoms with Gasteiger partial charge in [-0.3, -0.25) is 4.79 Å². The van der Waals surface area contributed by atoms with Crippen LogP contribution in [-0.2, 0) is 11.8 Å². The zero-order chi connectivity index (χ0) is 15.3. The van der Waals surface area contributed by atoms with Crippen molar-refractivity contribution in [2.24, 2.45) is 0 Å². The molecule has 0 fully saturated rings. The molecule has 21 heavy (non-hydrogen) atoms. The summed E-state index contributed by atoms with van der Waals surface area (Å²) >= 11 is 0. The molecular weight excluding hydrogens is 262 g/mol. The fourth-order valence-corrected chi connectivity index (χ4v) is 2.32. The lowest BCUT2D eigenvalue weighted by atomic mass is 9.83. The lowest BCUT2D eigenvalue weighted by Crippen LogP contribution is -2.28. The maximum absolute atomic E-state index is 12.3. The second-order valence-electron chi connectivity index (χ2n) is 6.19. The Morgan fingerprint density at radius 3 is 2.71 bits per heavy atom. The number of H-pyrrole nitrogens is 1. The van der Waals surface area contributed by atoms with Crippen molar-refractivity contribution in [2.75, 3.05) is 6.54 Å². The number of carbonyl (C=O) groups is 1. The quantitative estimate of drug-likeness (QED) is 0.829. The minimum absolute atomic E-state index is 0.0000279. The average Bonchev–Trinajstić information content (AvgIpc) is 2.95. The first-order chi connectivity index (χ1) is 9.98. The normalized spacial score (nSPS) is 11.4. The van der Waals surface area contributed by atoms with E-state index in [-0.39, 0.29) is 11.3 Å². The first-order valence-corrected chi connectivity index (χ1v) is 7.34. The van der Waals surface area contributed by atoms with Crippen LogP contribution in [0.15, 0.2) is 36.7 Å². The van der Waals surface area contributed by atoms with Gasteiger partial charge in [-0.15, -0.1) is 0 Å². The third kappa shape index (κ3) is 4.18. The van der Waals surface area contributed by atoms with Gasteiger partial charge < -0.3 is 10.3 Å². The van der Waals surface area contributed by atoms with Crippen LogP contribution < -0.4 is 5.32 Å². The molecule has 0 aliphatic heterocycles. The van der Waals surface area contributed by atoms with Crippen molar-refractivity contribution in [2.45, 2.75) is 39.0 Å².